The molecule has 1 atom stereocenters. The topological polar surface area (TPSA) is 26.3 Å². The molecule has 1 aliphatic heterocycles. The second-order valence-corrected chi connectivity index (χ2v) is 6.41. The van der Waals surface area contributed by atoms with Crippen molar-refractivity contribution in [3.63, 3.8) is 0 Å². The standard InChI is InChI=1S/C20H18O2/c1-12-8-13(2)16-11-20(22-18(16)9-12)17-7-5-4-6-15(17)10-14(3)19(20)21/h4-10H,11H2,1-3H3. The Morgan fingerprint density at radius 1 is 1.09 bits per heavy atom. The van der Waals surface area contributed by atoms with E-state index < -0.39 is 5.60 Å². The highest BCUT2D eigenvalue weighted by molar-refractivity contribution is 6.09. The van der Waals surface area contributed by atoms with Crippen LogP contribution in [0.2, 0.25) is 0 Å². The third-order valence-electron chi connectivity index (χ3n) is 4.78. The number of ether oxygens (including phenoxy) is 1. The molecule has 0 bridgehead atoms. The van der Waals surface area contributed by atoms with Gasteiger partial charge in [-0.2, -0.15) is 0 Å². The molecule has 2 aliphatic rings. The zero-order valence-electron chi connectivity index (χ0n) is 13.1. The molecule has 0 N–H and O–H groups in total. The van der Waals surface area contributed by atoms with E-state index in [1.54, 1.807) is 0 Å². The molecule has 0 aromatic heterocycles. The van der Waals surface area contributed by atoms with E-state index in [2.05, 4.69) is 26.0 Å². The molecule has 2 aromatic carbocycles. The molecule has 1 spiro atoms. The lowest BCUT2D eigenvalue weighted by Gasteiger charge is -2.32. The summed E-state index contributed by atoms with van der Waals surface area (Å²) in [4.78, 5) is 13.0. The fourth-order valence-corrected chi connectivity index (χ4v) is 3.76. The van der Waals surface area contributed by atoms with Crippen LogP contribution in [0, 0.1) is 13.8 Å². The number of aryl methyl sites for hydroxylation is 2. The molecule has 1 aliphatic carbocycles. The SMILES string of the molecule is CC1=Cc2ccccc2C2(Cc3c(C)cc(C)cc3O2)C1=O. The van der Waals surface area contributed by atoms with Crippen molar-refractivity contribution in [2.24, 2.45) is 0 Å². The van der Waals surface area contributed by atoms with Crippen molar-refractivity contribution in [1.29, 1.82) is 0 Å². The van der Waals surface area contributed by atoms with E-state index in [4.69, 9.17) is 4.74 Å². The first-order valence-corrected chi connectivity index (χ1v) is 7.63. The minimum absolute atomic E-state index is 0.0828. The summed E-state index contributed by atoms with van der Waals surface area (Å²) in [6.45, 7) is 6.03. The first kappa shape index (κ1) is 13.3. The largest absolute Gasteiger partial charge is 0.474 e. The van der Waals surface area contributed by atoms with Crippen LogP contribution in [0.4, 0.5) is 0 Å². The van der Waals surface area contributed by atoms with Crippen LogP contribution in [-0.2, 0) is 16.8 Å². The highest BCUT2D eigenvalue weighted by Gasteiger charge is 2.50. The molecule has 1 unspecified atom stereocenters. The zero-order valence-corrected chi connectivity index (χ0v) is 13.1. The Hall–Kier alpha value is -2.35. The van der Waals surface area contributed by atoms with E-state index in [0.29, 0.717) is 6.42 Å². The van der Waals surface area contributed by atoms with Gasteiger partial charge in [-0.15, -0.1) is 0 Å². The second-order valence-electron chi connectivity index (χ2n) is 6.41. The van der Waals surface area contributed by atoms with Crippen molar-refractivity contribution >= 4 is 11.9 Å². The van der Waals surface area contributed by atoms with Gasteiger partial charge in [-0.3, -0.25) is 4.79 Å². The van der Waals surface area contributed by atoms with E-state index in [0.717, 1.165) is 33.6 Å². The van der Waals surface area contributed by atoms with Crippen LogP contribution in [0.15, 0.2) is 42.0 Å². The molecule has 2 aromatic rings. The minimum atomic E-state index is -0.879. The average molecular weight is 290 g/mol. The van der Waals surface area contributed by atoms with Crippen molar-refractivity contribution in [3.05, 3.63) is 69.8 Å². The highest BCUT2D eigenvalue weighted by Crippen LogP contribution is 2.48. The normalized spacial score (nSPS) is 22.1. The first-order chi connectivity index (χ1) is 10.5. The predicted octanol–water partition coefficient (Wildman–Crippen LogP) is 4.12. The molecular weight excluding hydrogens is 272 g/mol. The molecule has 4 rings (SSSR count). The Balaban J connectivity index is 1.95. The van der Waals surface area contributed by atoms with Crippen molar-refractivity contribution in [2.45, 2.75) is 32.8 Å². The summed E-state index contributed by atoms with van der Waals surface area (Å²) in [5.74, 6) is 0.940. The number of hydrogen-bond donors (Lipinski definition) is 0. The summed E-state index contributed by atoms with van der Waals surface area (Å²) in [6, 6.07) is 12.3. The van der Waals surface area contributed by atoms with Crippen molar-refractivity contribution in [3.8, 4) is 5.75 Å². The fourth-order valence-electron chi connectivity index (χ4n) is 3.76. The van der Waals surface area contributed by atoms with Gasteiger partial charge in [0.25, 0.3) is 0 Å². The predicted molar refractivity (Wildman–Crippen MR) is 87.0 cm³/mol. The third kappa shape index (κ3) is 1.64. The van der Waals surface area contributed by atoms with Crippen molar-refractivity contribution < 1.29 is 9.53 Å². The second kappa shape index (κ2) is 4.33. The van der Waals surface area contributed by atoms with Crippen LogP contribution in [-0.4, -0.2) is 5.78 Å². The maximum Gasteiger partial charge on any atom is 0.207 e. The maximum atomic E-state index is 13.0. The molecule has 0 fully saturated rings. The summed E-state index contributed by atoms with van der Waals surface area (Å²) >= 11 is 0. The Labute approximate surface area is 130 Å². The lowest BCUT2D eigenvalue weighted by Crippen LogP contribution is -2.43. The summed E-state index contributed by atoms with van der Waals surface area (Å²) in [5.41, 5.74) is 5.47. The van der Waals surface area contributed by atoms with Gasteiger partial charge < -0.3 is 4.74 Å². The van der Waals surface area contributed by atoms with Gasteiger partial charge in [0.2, 0.25) is 11.4 Å². The van der Waals surface area contributed by atoms with Crippen LogP contribution < -0.4 is 4.74 Å². The number of ketones is 1. The van der Waals surface area contributed by atoms with Crippen LogP contribution >= 0.6 is 0 Å². The van der Waals surface area contributed by atoms with E-state index in [9.17, 15) is 4.79 Å². The molecule has 0 radical (unpaired) electrons. The Bertz CT molecular complexity index is 845. The summed E-state index contributed by atoms with van der Waals surface area (Å²) in [7, 11) is 0. The molecule has 0 saturated carbocycles. The van der Waals surface area contributed by atoms with Crippen LogP contribution in [0.5, 0.6) is 5.75 Å². The molecule has 2 nitrogen and oxygen atoms in total. The summed E-state index contributed by atoms with van der Waals surface area (Å²) in [6.07, 6.45) is 2.59. The van der Waals surface area contributed by atoms with Gasteiger partial charge in [-0.1, -0.05) is 30.3 Å². The first-order valence-electron chi connectivity index (χ1n) is 7.63. The van der Waals surface area contributed by atoms with E-state index >= 15 is 0 Å². The fraction of sp³-hybridized carbons (Fsp3) is 0.250. The smallest absolute Gasteiger partial charge is 0.207 e. The number of carbonyl (C=O) groups is 1. The molecule has 22 heavy (non-hydrogen) atoms. The van der Waals surface area contributed by atoms with Crippen molar-refractivity contribution in [2.75, 3.05) is 0 Å². The summed E-state index contributed by atoms with van der Waals surface area (Å²) < 4.78 is 6.32. The maximum absolute atomic E-state index is 13.0. The average Bonchev–Trinajstić information content (AvgIpc) is 2.86. The van der Waals surface area contributed by atoms with E-state index in [1.165, 1.54) is 5.56 Å². The molecule has 0 amide bonds. The van der Waals surface area contributed by atoms with Gasteiger partial charge in [0.1, 0.15) is 5.75 Å². The number of hydrogen-bond acceptors (Lipinski definition) is 2. The molecular formula is C20H18O2. The Kier molecular flexibility index (Phi) is 2.62. The van der Waals surface area contributed by atoms with Gasteiger partial charge >= 0.3 is 0 Å². The molecule has 2 heteroatoms. The van der Waals surface area contributed by atoms with Gasteiger partial charge in [0.15, 0.2) is 0 Å². The van der Waals surface area contributed by atoms with Crippen LogP contribution in [0.25, 0.3) is 6.08 Å². The van der Waals surface area contributed by atoms with Gasteiger partial charge in [-0.25, -0.2) is 0 Å². The van der Waals surface area contributed by atoms with Crippen molar-refractivity contribution in [1.82, 2.24) is 0 Å². The van der Waals surface area contributed by atoms with Gasteiger partial charge in [0, 0.05) is 17.5 Å². The lowest BCUT2D eigenvalue weighted by atomic mass is 9.76. The van der Waals surface area contributed by atoms with Gasteiger partial charge in [0.05, 0.1) is 0 Å². The molecule has 110 valence electrons. The third-order valence-corrected chi connectivity index (χ3v) is 4.78. The quantitative estimate of drug-likeness (QED) is 0.729. The van der Waals surface area contributed by atoms with E-state index in [1.807, 2.05) is 37.3 Å². The molecule has 1 heterocycles. The Morgan fingerprint density at radius 2 is 1.86 bits per heavy atom. The Morgan fingerprint density at radius 3 is 2.68 bits per heavy atom. The number of fused-ring (bicyclic) bond motifs is 3. The minimum Gasteiger partial charge on any atom is -0.474 e. The monoisotopic (exact) mass is 290 g/mol. The summed E-state index contributed by atoms with van der Waals surface area (Å²) in [5, 5.41) is 0. The van der Waals surface area contributed by atoms with Crippen LogP contribution in [0.1, 0.15) is 34.7 Å². The number of rotatable bonds is 0. The number of Topliss-reactive ketones (excluding diaryl/α,β-unsaturated/α-hetero) is 1. The van der Waals surface area contributed by atoms with Gasteiger partial charge in [-0.05, 0) is 55.2 Å². The number of benzene rings is 2. The van der Waals surface area contributed by atoms with E-state index in [-0.39, 0.29) is 5.78 Å². The molecule has 0 saturated heterocycles. The van der Waals surface area contributed by atoms with Crippen LogP contribution in [0.3, 0.4) is 0 Å². The number of carbonyl (C=O) groups excluding carboxylic acids is 1. The zero-order chi connectivity index (χ0) is 15.5. The highest BCUT2D eigenvalue weighted by atomic mass is 16.5. The lowest BCUT2D eigenvalue weighted by molar-refractivity contribution is -0.130.